The fourth-order valence-corrected chi connectivity index (χ4v) is 0.980. The highest BCUT2D eigenvalue weighted by molar-refractivity contribution is 5.70. The maximum absolute atomic E-state index is 10.5. The Bertz CT molecular complexity index is 221. The van der Waals surface area contributed by atoms with Crippen molar-refractivity contribution in [3.05, 3.63) is 0 Å². The molecule has 7 heteroatoms. The lowest BCUT2D eigenvalue weighted by Crippen LogP contribution is -2.11. The van der Waals surface area contributed by atoms with E-state index >= 15 is 0 Å². The normalized spacial score (nSPS) is 8.96. The summed E-state index contributed by atoms with van der Waals surface area (Å²) in [7, 11) is 0. The molecule has 0 aromatic carbocycles. The first-order valence-electron chi connectivity index (χ1n) is 8.08. The molecule has 0 radical (unpaired) electrons. The van der Waals surface area contributed by atoms with Crippen molar-refractivity contribution in [3.8, 4) is 0 Å². The van der Waals surface area contributed by atoms with Crippen molar-refractivity contribution >= 4 is 11.9 Å². The highest BCUT2D eigenvalue weighted by Crippen LogP contribution is 1.80. The first-order valence-corrected chi connectivity index (χ1v) is 8.08. The summed E-state index contributed by atoms with van der Waals surface area (Å²) >= 11 is 0. The van der Waals surface area contributed by atoms with Crippen LogP contribution in [0.1, 0.15) is 41.5 Å². The van der Waals surface area contributed by atoms with Crippen LogP contribution in [0.3, 0.4) is 0 Å². The van der Waals surface area contributed by atoms with E-state index in [1.54, 1.807) is 13.8 Å². The van der Waals surface area contributed by atoms with Gasteiger partial charge >= 0.3 is 11.9 Å². The summed E-state index contributed by atoms with van der Waals surface area (Å²) in [4.78, 5) is 20.9. The molecule has 0 heterocycles. The van der Waals surface area contributed by atoms with Gasteiger partial charge in [0.15, 0.2) is 0 Å². The molecule has 0 bridgehead atoms. The summed E-state index contributed by atoms with van der Waals surface area (Å²) in [6.07, 6.45) is 0. The second-order valence-corrected chi connectivity index (χ2v) is 3.67. The molecule has 0 atom stereocenters. The van der Waals surface area contributed by atoms with E-state index in [1.165, 1.54) is 0 Å². The van der Waals surface area contributed by atoms with Crippen LogP contribution in [0.4, 0.5) is 0 Å². The van der Waals surface area contributed by atoms with Gasteiger partial charge in [0.05, 0.1) is 13.2 Å². The average Bonchev–Trinajstić information content (AvgIpc) is 2.53. The van der Waals surface area contributed by atoms with Crippen LogP contribution >= 0.6 is 0 Å². The Morgan fingerprint density at radius 2 is 0.826 bits per heavy atom. The van der Waals surface area contributed by atoms with Crippen LogP contribution in [0.2, 0.25) is 0 Å². The summed E-state index contributed by atoms with van der Waals surface area (Å²) in [6.45, 7) is 15.0. The molecular weight excluding hydrogens is 304 g/mol. The number of carbonyl (C=O) groups excluding carboxylic acids is 2. The summed E-state index contributed by atoms with van der Waals surface area (Å²) in [5.41, 5.74) is 0. The molecule has 0 unspecified atom stereocenters. The molecule has 0 amide bonds. The molecule has 0 aliphatic heterocycles. The van der Waals surface area contributed by atoms with E-state index in [1.807, 2.05) is 27.7 Å². The molecule has 0 N–H and O–H groups in total. The maximum atomic E-state index is 10.5. The third-order valence-corrected chi connectivity index (χ3v) is 1.87. The van der Waals surface area contributed by atoms with Crippen molar-refractivity contribution in [2.75, 3.05) is 52.9 Å². The van der Waals surface area contributed by atoms with Gasteiger partial charge in [-0.15, -0.1) is 0 Å². The van der Waals surface area contributed by atoms with E-state index in [-0.39, 0.29) is 25.2 Å². The van der Waals surface area contributed by atoms with Gasteiger partial charge in [0.1, 0.15) is 13.2 Å². The van der Waals surface area contributed by atoms with Gasteiger partial charge in [-0.05, 0) is 41.5 Å². The van der Waals surface area contributed by atoms with Crippen LogP contribution in [-0.4, -0.2) is 64.8 Å². The predicted molar refractivity (Wildman–Crippen MR) is 88.4 cm³/mol. The number of hydrogen-bond acceptors (Lipinski definition) is 7. The molecule has 140 valence electrons. The fourth-order valence-electron chi connectivity index (χ4n) is 0.980. The van der Waals surface area contributed by atoms with Crippen molar-refractivity contribution in [1.82, 2.24) is 0 Å². The SMILES string of the molecule is CCOCC.CCOCC(=O)OCC.CCOCC(=O)OCC. The molecular formula is C16H34O7. The lowest BCUT2D eigenvalue weighted by Gasteiger charge is -1.99. The summed E-state index contributed by atoms with van der Waals surface area (Å²) in [6, 6.07) is 0. The van der Waals surface area contributed by atoms with Crippen LogP contribution in [0.25, 0.3) is 0 Å². The Kier molecular flexibility index (Phi) is 29.9. The van der Waals surface area contributed by atoms with E-state index in [4.69, 9.17) is 14.2 Å². The largest absolute Gasteiger partial charge is 0.464 e. The van der Waals surface area contributed by atoms with Crippen molar-refractivity contribution in [2.24, 2.45) is 0 Å². The summed E-state index contributed by atoms with van der Waals surface area (Å²) in [5.74, 6) is -0.585. The van der Waals surface area contributed by atoms with Gasteiger partial charge in [-0.3, -0.25) is 0 Å². The van der Waals surface area contributed by atoms with Crippen LogP contribution in [-0.2, 0) is 33.3 Å². The molecule has 0 aromatic heterocycles. The lowest BCUT2D eigenvalue weighted by molar-refractivity contribution is -0.149. The highest BCUT2D eigenvalue weighted by atomic mass is 16.6. The minimum Gasteiger partial charge on any atom is -0.464 e. The zero-order valence-corrected chi connectivity index (χ0v) is 15.5. The Morgan fingerprint density at radius 3 is 1.00 bits per heavy atom. The van der Waals surface area contributed by atoms with E-state index in [0.717, 1.165) is 13.2 Å². The number of esters is 2. The van der Waals surface area contributed by atoms with E-state index in [0.29, 0.717) is 26.4 Å². The monoisotopic (exact) mass is 338 g/mol. The van der Waals surface area contributed by atoms with Crippen LogP contribution in [0.15, 0.2) is 0 Å². The molecule has 7 nitrogen and oxygen atoms in total. The van der Waals surface area contributed by atoms with Gasteiger partial charge in [-0.1, -0.05) is 0 Å². The number of rotatable bonds is 10. The van der Waals surface area contributed by atoms with E-state index < -0.39 is 0 Å². The standard InChI is InChI=1S/2C6H12O3.C4H10O/c2*1-3-8-5-6(7)9-4-2;1-3-5-4-2/h2*3-5H2,1-2H3;3-4H2,1-2H3. The Hall–Kier alpha value is -1.18. The van der Waals surface area contributed by atoms with Gasteiger partial charge in [0.25, 0.3) is 0 Å². The van der Waals surface area contributed by atoms with E-state index in [2.05, 4.69) is 9.47 Å². The van der Waals surface area contributed by atoms with Gasteiger partial charge in [0.2, 0.25) is 0 Å². The smallest absolute Gasteiger partial charge is 0.332 e. The van der Waals surface area contributed by atoms with Gasteiger partial charge < -0.3 is 23.7 Å². The van der Waals surface area contributed by atoms with E-state index in [9.17, 15) is 9.59 Å². The minimum absolute atomic E-state index is 0.0737. The number of ether oxygens (including phenoxy) is 5. The van der Waals surface area contributed by atoms with Crippen molar-refractivity contribution in [1.29, 1.82) is 0 Å². The van der Waals surface area contributed by atoms with Crippen LogP contribution in [0.5, 0.6) is 0 Å². The average molecular weight is 338 g/mol. The van der Waals surface area contributed by atoms with Gasteiger partial charge in [-0.25, -0.2) is 9.59 Å². The maximum Gasteiger partial charge on any atom is 0.332 e. The van der Waals surface area contributed by atoms with Crippen LogP contribution < -0.4 is 0 Å². The van der Waals surface area contributed by atoms with Gasteiger partial charge in [0, 0.05) is 26.4 Å². The Balaban J connectivity index is -0.000000273. The second kappa shape index (κ2) is 25.8. The molecule has 0 saturated heterocycles. The third-order valence-electron chi connectivity index (χ3n) is 1.87. The first-order chi connectivity index (χ1) is 11.0. The van der Waals surface area contributed by atoms with Crippen molar-refractivity contribution in [3.63, 3.8) is 0 Å². The van der Waals surface area contributed by atoms with Gasteiger partial charge in [-0.2, -0.15) is 0 Å². The molecule has 0 rings (SSSR count). The number of carbonyl (C=O) groups is 2. The zero-order valence-electron chi connectivity index (χ0n) is 15.5. The Morgan fingerprint density at radius 1 is 0.522 bits per heavy atom. The minimum atomic E-state index is -0.292. The van der Waals surface area contributed by atoms with Crippen molar-refractivity contribution < 1.29 is 33.3 Å². The topological polar surface area (TPSA) is 80.3 Å². The predicted octanol–water partition coefficient (Wildman–Crippen LogP) is 2.21. The molecule has 0 spiro atoms. The van der Waals surface area contributed by atoms with Crippen LogP contribution in [0, 0.1) is 0 Å². The molecule has 0 saturated carbocycles. The quantitative estimate of drug-likeness (QED) is 0.565. The molecule has 0 aliphatic rings. The zero-order chi connectivity index (χ0) is 18.3. The highest BCUT2D eigenvalue weighted by Gasteiger charge is 1.98. The number of hydrogen-bond donors (Lipinski definition) is 0. The second-order valence-electron chi connectivity index (χ2n) is 3.67. The fraction of sp³-hybridized carbons (Fsp3) is 0.875. The summed E-state index contributed by atoms with van der Waals surface area (Å²) < 4.78 is 23.5. The third kappa shape index (κ3) is 33.6. The van der Waals surface area contributed by atoms with Crippen molar-refractivity contribution in [2.45, 2.75) is 41.5 Å². The first kappa shape index (κ1) is 26.7. The Labute approximate surface area is 140 Å². The molecule has 0 aliphatic carbocycles. The lowest BCUT2D eigenvalue weighted by atomic mass is 10.7. The summed E-state index contributed by atoms with van der Waals surface area (Å²) in [5, 5.41) is 0. The molecule has 23 heavy (non-hydrogen) atoms. The molecule has 0 fully saturated rings. The molecule has 0 aromatic rings.